The number of aliphatic hydroxyl groups excluding tert-OH is 6. The highest BCUT2D eigenvalue weighted by atomic mass is 127. The summed E-state index contributed by atoms with van der Waals surface area (Å²) >= 11 is 5.41. The Hall–Kier alpha value is -0.420. The molecule has 186 valence electrons. The first kappa shape index (κ1) is 30.6. The topological polar surface area (TPSA) is 200 Å². The quantitative estimate of drug-likeness (QED) is 0.0999. The van der Waals surface area contributed by atoms with Gasteiger partial charge in [0.2, 0.25) is 11.8 Å². The van der Waals surface area contributed by atoms with Crippen LogP contribution in [-0.4, -0.2) is 93.7 Å². The summed E-state index contributed by atoms with van der Waals surface area (Å²) in [5, 5.41) is 62.0. The molecule has 1 aromatic carbocycles. The van der Waals surface area contributed by atoms with Gasteiger partial charge in [0.1, 0.15) is 12.8 Å². The summed E-state index contributed by atoms with van der Waals surface area (Å²) < 4.78 is 0.709. The second kappa shape index (κ2) is 14.2. The van der Waals surface area contributed by atoms with Gasteiger partial charge in [-0.05, 0) is 74.7 Å². The lowest BCUT2D eigenvalue weighted by molar-refractivity contribution is -0.125. The lowest BCUT2D eigenvalue weighted by Gasteiger charge is -2.31. The lowest BCUT2D eigenvalue weighted by atomic mass is 10.1. The van der Waals surface area contributed by atoms with Crippen molar-refractivity contribution in [1.29, 1.82) is 0 Å². The Labute approximate surface area is 230 Å². The van der Waals surface area contributed by atoms with Crippen LogP contribution in [0.15, 0.2) is 0 Å². The van der Waals surface area contributed by atoms with Gasteiger partial charge in [-0.15, -0.1) is 0 Å². The molecule has 8 N–H and O–H groups in total. The van der Waals surface area contributed by atoms with Crippen molar-refractivity contribution in [3.05, 3.63) is 16.3 Å². The van der Waals surface area contributed by atoms with Crippen LogP contribution < -0.4 is 15.5 Å². The standard InChI is InChI=1S/C18H24I3N3O9/c1-7(29)22-17(32)11-12(19)15(23-10(31)6-28)14(21)16(13(11)20)24(2-9(30)5-27)18(33)8(3-25)4-26/h7-9,25-30H,2-6H2,1H3,(H,22,32)(H,23,31). The van der Waals surface area contributed by atoms with Gasteiger partial charge in [0, 0.05) is 0 Å². The number of benzene rings is 1. The van der Waals surface area contributed by atoms with Gasteiger partial charge in [-0.3, -0.25) is 14.4 Å². The molecule has 12 nitrogen and oxygen atoms in total. The molecule has 2 unspecified atom stereocenters. The van der Waals surface area contributed by atoms with Crippen LogP contribution in [0.5, 0.6) is 0 Å². The molecule has 1 aromatic rings. The van der Waals surface area contributed by atoms with Crippen molar-refractivity contribution in [2.45, 2.75) is 19.3 Å². The maximum atomic E-state index is 13.1. The van der Waals surface area contributed by atoms with Crippen molar-refractivity contribution in [1.82, 2.24) is 5.32 Å². The smallest absolute Gasteiger partial charge is 0.255 e. The molecule has 0 radical (unpaired) electrons. The predicted octanol–water partition coefficient (Wildman–Crippen LogP) is -1.21. The van der Waals surface area contributed by atoms with Crippen molar-refractivity contribution in [3.8, 4) is 0 Å². The van der Waals surface area contributed by atoms with E-state index < -0.39 is 68.9 Å². The lowest BCUT2D eigenvalue weighted by Crippen LogP contribution is -2.45. The number of nitrogens with one attached hydrogen (secondary N) is 2. The first-order valence-corrected chi connectivity index (χ1v) is 12.6. The maximum Gasteiger partial charge on any atom is 0.255 e. The highest BCUT2D eigenvalue weighted by Gasteiger charge is 2.34. The number of halogens is 3. The fourth-order valence-corrected chi connectivity index (χ4v) is 7.14. The van der Waals surface area contributed by atoms with Gasteiger partial charge in [-0.2, -0.15) is 0 Å². The summed E-state index contributed by atoms with van der Waals surface area (Å²) in [5.74, 6) is -3.58. The number of hydrogen-bond donors (Lipinski definition) is 8. The van der Waals surface area contributed by atoms with Gasteiger partial charge >= 0.3 is 0 Å². The Kier molecular flexibility index (Phi) is 13.2. The second-order valence-corrected chi connectivity index (χ2v) is 9.98. The molecule has 0 bridgehead atoms. The van der Waals surface area contributed by atoms with Crippen molar-refractivity contribution in [3.63, 3.8) is 0 Å². The minimum absolute atomic E-state index is 0.0124. The summed E-state index contributed by atoms with van der Waals surface area (Å²) in [6, 6.07) is 0. The Morgan fingerprint density at radius 1 is 0.939 bits per heavy atom. The molecule has 1 rings (SSSR count). The van der Waals surface area contributed by atoms with E-state index in [2.05, 4.69) is 10.6 Å². The highest BCUT2D eigenvalue weighted by molar-refractivity contribution is 14.1. The average molecular weight is 807 g/mol. The molecule has 0 saturated heterocycles. The molecule has 0 saturated carbocycles. The number of amides is 3. The number of nitrogens with zero attached hydrogens (tertiary/aromatic N) is 1. The van der Waals surface area contributed by atoms with Crippen LogP contribution in [0.1, 0.15) is 17.3 Å². The molecule has 33 heavy (non-hydrogen) atoms. The SMILES string of the molecule is CC(O)NC(=O)c1c(I)c(NC(=O)CO)c(I)c(N(CC(O)CO)C(=O)C(CO)CO)c1I. The molecule has 0 aliphatic rings. The summed E-state index contributed by atoms with van der Waals surface area (Å²) in [6.07, 6.45) is -2.62. The van der Waals surface area contributed by atoms with Gasteiger partial charge in [-0.1, -0.05) is 0 Å². The van der Waals surface area contributed by atoms with Crippen LogP contribution in [0.25, 0.3) is 0 Å². The maximum absolute atomic E-state index is 13.1. The zero-order valence-corrected chi connectivity index (χ0v) is 23.7. The Morgan fingerprint density at radius 2 is 1.52 bits per heavy atom. The molecule has 3 amide bonds. The Bertz CT molecular complexity index is 882. The van der Waals surface area contributed by atoms with Gasteiger partial charge in [0.05, 0.1) is 66.0 Å². The Morgan fingerprint density at radius 3 is 1.97 bits per heavy atom. The van der Waals surface area contributed by atoms with E-state index in [1.807, 2.05) is 22.6 Å². The van der Waals surface area contributed by atoms with E-state index >= 15 is 0 Å². The number of carbonyl (C=O) groups is 3. The van der Waals surface area contributed by atoms with Crippen LogP contribution in [0.3, 0.4) is 0 Å². The number of carbonyl (C=O) groups excluding carboxylic acids is 3. The summed E-state index contributed by atoms with van der Waals surface area (Å²) in [5.41, 5.74) is 0.133. The van der Waals surface area contributed by atoms with E-state index in [-0.39, 0.29) is 27.6 Å². The van der Waals surface area contributed by atoms with Crippen LogP contribution in [0.2, 0.25) is 0 Å². The van der Waals surface area contributed by atoms with E-state index in [4.69, 9.17) is 0 Å². The predicted molar refractivity (Wildman–Crippen MR) is 143 cm³/mol. The zero-order chi connectivity index (χ0) is 25.5. The largest absolute Gasteiger partial charge is 0.395 e. The Balaban J connectivity index is 3.94. The summed E-state index contributed by atoms with van der Waals surface area (Å²) in [6.45, 7) is -2.10. The third kappa shape index (κ3) is 7.78. The molecular formula is C18H24I3N3O9. The molecule has 15 heteroatoms. The van der Waals surface area contributed by atoms with Crippen molar-refractivity contribution < 1.29 is 45.0 Å². The van der Waals surface area contributed by atoms with E-state index in [1.54, 1.807) is 45.2 Å². The first-order valence-electron chi connectivity index (χ1n) is 9.37. The average Bonchev–Trinajstić information content (AvgIpc) is 2.75. The van der Waals surface area contributed by atoms with Crippen molar-refractivity contribution >= 4 is 96.9 Å². The number of anilines is 2. The monoisotopic (exact) mass is 807 g/mol. The fourth-order valence-electron chi connectivity index (χ4n) is 2.63. The fraction of sp³-hybridized carbons (Fsp3) is 0.500. The highest BCUT2D eigenvalue weighted by Crippen LogP contribution is 2.41. The molecular weight excluding hydrogens is 783 g/mol. The molecule has 0 spiro atoms. The van der Waals surface area contributed by atoms with Crippen LogP contribution in [0, 0.1) is 16.6 Å². The third-order valence-electron chi connectivity index (χ3n) is 4.20. The van der Waals surface area contributed by atoms with E-state index in [0.29, 0.717) is 0 Å². The third-order valence-corrected chi connectivity index (χ3v) is 7.38. The molecule has 0 aliphatic carbocycles. The number of rotatable bonds is 11. The second-order valence-electron chi connectivity index (χ2n) is 6.74. The number of aliphatic hydroxyl groups is 6. The minimum atomic E-state index is -1.40. The van der Waals surface area contributed by atoms with Crippen LogP contribution >= 0.6 is 67.8 Å². The van der Waals surface area contributed by atoms with Crippen LogP contribution in [0.4, 0.5) is 11.4 Å². The van der Waals surface area contributed by atoms with Crippen molar-refractivity contribution in [2.24, 2.45) is 5.92 Å². The van der Waals surface area contributed by atoms with E-state index in [9.17, 15) is 45.0 Å². The van der Waals surface area contributed by atoms with E-state index in [1.165, 1.54) is 6.92 Å². The number of hydrogen-bond acceptors (Lipinski definition) is 9. The summed E-state index contributed by atoms with van der Waals surface area (Å²) in [7, 11) is 0. The van der Waals surface area contributed by atoms with Crippen molar-refractivity contribution in [2.75, 3.05) is 43.2 Å². The van der Waals surface area contributed by atoms with Gasteiger partial charge in [-0.25, -0.2) is 0 Å². The van der Waals surface area contributed by atoms with E-state index in [0.717, 1.165) is 4.90 Å². The summed E-state index contributed by atoms with van der Waals surface area (Å²) in [4.78, 5) is 38.9. The molecule has 0 heterocycles. The molecule has 0 aromatic heterocycles. The van der Waals surface area contributed by atoms with Gasteiger partial charge in [0.15, 0.2) is 0 Å². The zero-order valence-electron chi connectivity index (χ0n) is 17.3. The molecule has 0 fully saturated rings. The molecule has 2 atom stereocenters. The molecule has 0 aliphatic heterocycles. The van der Waals surface area contributed by atoms with Gasteiger partial charge < -0.3 is 46.2 Å². The first-order chi connectivity index (χ1) is 15.4. The normalized spacial score (nSPS) is 12.9. The van der Waals surface area contributed by atoms with Gasteiger partial charge in [0.25, 0.3) is 5.91 Å². The minimum Gasteiger partial charge on any atom is -0.395 e. The van der Waals surface area contributed by atoms with Crippen LogP contribution in [-0.2, 0) is 9.59 Å².